The molecule has 0 bridgehead atoms. The molecule has 0 spiro atoms. The van der Waals surface area contributed by atoms with Crippen molar-refractivity contribution in [2.45, 2.75) is 26.2 Å². The monoisotopic (exact) mass is 123 g/mol. The molecule has 1 radical (unpaired) electrons. The predicted octanol–water partition coefficient (Wildman–Crippen LogP) is 2.81. The molecule has 0 heterocycles. The first-order valence-corrected chi connectivity index (χ1v) is 3.77. The molecule has 1 rings (SSSR count). The van der Waals surface area contributed by atoms with E-state index in [9.17, 15) is 0 Å². The van der Waals surface area contributed by atoms with Crippen molar-refractivity contribution in [1.29, 1.82) is 0 Å². The third-order valence-corrected chi connectivity index (χ3v) is 1.91. The van der Waals surface area contributed by atoms with Crippen LogP contribution < -0.4 is 0 Å². The molecule has 0 nitrogen and oxygen atoms in total. The SMILES string of the molecule is [CH2]C1CC=CCC(C)C1. The van der Waals surface area contributed by atoms with Crippen LogP contribution in [0.5, 0.6) is 0 Å². The van der Waals surface area contributed by atoms with Gasteiger partial charge in [0.1, 0.15) is 0 Å². The average molecular weight is 123 g/mol. The van der Waals surface area contributed by atoms with Crippen LogP contribution in [0.3, 0.4) is 0 Å². The molecule has 2 unspecified atom stereocenters. The highest BCUT2D eigenvalue weighted by Gasteiger charge is 2.08. The zero-order valence-electron chi connectivity index (χ0n) is 6.14. The maximum atomic E-state index is 4.06. The average Bonchev–Trinajstić information content (AvgIpc) is 1.93. The van der Waals surface area contributed by atoms with Crippen LogP contribution in [0.15, 0.2) is 12.2 Å². The molecule has 0 aromatic carbocycles. The summed E-state index contributed by atoms with van der Waals surface area (Å²) < 4.78 is 0. The second-order valence-corrected chi connectivity index (χ2v) is 3.15. The van der Waals surface area contributed by atoms with Gasteiger partial charge in [-0.2, -0.15) is 0 Å². The molecule has 0 aromatic rings. The summed E-state index contributed by atoms with van der Waals surface area (Å²) in [6.07, 6.45) is 8.29. The van der Waals surface area contributed by atoms with Crippen molar-refractivity contribution >= 4 is 0 Å². The van der Waals surface area contributed by atoms with E-state index in [1.54, 1.807) is 0 Å². The molecule has 1 aliphatic carbocycles. The summed E-state index contributed by atoms with van der Waals surface area (Å²) in [6.45, 7) is 6.36. The van der Waals surface area contributed by atoms with Crippen LogP contribution in [0.25, 0.3) is 0 Å². The van der Waals surface area contributed by atoms with Crippen LogP contribution in [0.4, 0.5) is 0 Å². The van der Waals surface area contributed by atoms with Gasteiger partial charge in [-0.05, 0) is 38.0 Å². The summed E-state index contributed by atoms with van der Waals surface area (Å²) in [7, 11) is 0. The largest absolute Gasteiger partial charge is 0.0883 e. The summed E-state index contributed by atoms with van der Waals surface area (Å²) in [6, 6.07) is 0. The van der Waals surface area contributed by atoms with Gasteiger partial charge in [-0.1, -0.05) is 19.1 Å². The van der Waals surface area contributed by atoms with Crippen molar-refractivity contribution in [1.82, 2.24) is 0 Å². The van der Waals surface area contributed by atoms with Gasteiger partial charge in [-0.3, -0.25) is 0 Å². The summed E-state index contributed by atoms with van der Waals surface area (Å²) in [5.41, 5.74) is 0. The molecule has 0 aliphatic heterocycles. The lowest BCUT2D eigenvalue weighted by molar-refractivity contribution is 0.462. The lowest BCUT2D eigenvalue weighted by Gasteiger charge is -2.09. The van der Waals surface area contributed by atoms with Crippen molar-refractivity contribution in [3.63, 3.8) is 0 Å². The van der Waals surface area contributed by atoms with E-state index in [0.29, 0.717) is 5.92 Å². The lowest BCUT2D eigenvalue weighted by Crippen LogP contribution is -1.98. The molecule has 0 saturated carbocycles. The smallest absolute Gasteiger partial charge is 0.0322 e. The Morgan fingerprint density at radius 1 is 1.33 bits per heavy atom. The van der Waals surface area contributed by atoms with E-state index in [1.807, 2.05) is 0 Å². The Morgan fingerprint density at radius 3 is 2.78 bits per heavy atom. The molecule has 0 saturated heterocycles. The highest BCUT2D eigenvalue weighted by Crippen LogP contribution is 2.21. The maximum absolute atomic E-state index is 4.06. The first-order chi connectivity index (χ1) is 4.29. The quantitative estimate of drug-likeness (QED) is 0.434. The van der Waals surface area contributed by atoms with Crippen molar-refractivity contribution in [3.8, 4) is 0 Å². The second kappa shape index (κ2) is 3.05. The highest BCUT2D eigenvalue weighted by atomic mass is 14.1. The lowest BCUT2D eigenvalue weighted by atomic mass is 9.96. The Bertz CT molecular complexity index is 90.6. The summed E-state index contributed by atoms with van der Waals surface area (Å²) in [5.74, 6) is 1.52. The molecule has 0 aromatic heterocycles. The van der Waals surface area contributed by atoms with Crippen molar-refractivity contribution in [3.05, 3.63) is 19.1 Å². The predicted molar refractivity (Wildman–Crippen MR) is 41.0 cm³/mol. The van der Waals surface area contributed by atoms with Gasteiger partial charge in [0.2, 0.25) is 0 Å². The van der Waals surface area contributed by atoms with Crippen LogP contribution in [0.1, 0.15) is 26.2 Å². The van der Waals surface area contributed by atoms with E-state index in [-0.39, 0.29) is 0 Å². The van der Waals surface area contributed by atoms with Gasteiger partial charge in [0.15, 0.2) is 0 Å². The Kier molecular flexibility index (Phi) is 2.32. The zero-order chi connectivity index (χ0) is 6.69. The highest BCUT2D eigenvalue weighted by molar-refractivity contribution is 4.90. The zero-order valence-corrected chi connectivity index (χ0v) is 6.14. The Morgan fingerprint density at radius 2 is 2.00 bits per heavy atom. The molecular formula is C9H15. The van der Waals surface area contributed by atoms with Gasteiger partial charge in [0.25, 0.3) is 0 Å². The topological polar surface area (TPSA) is 0 Å². The standard InChI is InChI=1S/C9H15/c1-8-5-3-4-6-9(2)7-8/h3-4,8-9H,1,5-7H2,2H3. The van der Waals surface area contributed by atoms with Crippen LogP contribution >= 0.6 is 0 Å². The second-order valence-electron chi connectivity index (χ2n) is 3.15. The Hall–Kier alpha value is -0.260. The van der Waals surface area contributed by atoms with Gasteiger partial charge in [-0.15, -0.1) is 0 Å². The summed E-state index contributed by atoms with van der Waals surface area (Å²) in [4.78, 5) is 0. The normalized spacial score (nSPS) is 36.2. The fraction of sp³-hybridized carbons (Fsp3) is 0.667. The minimum atomic E-state index is 0.666. The molecule has 51 valence electrons. The summed E-state index contributed by atoms with van der Waals surface area (Å²) in [5, 5.41) is 0. The third kappa shape index (κ3) is 2.21. The molecule has 2 atom stereocenters. The molecule has 0 N–H and O–H groups in total. The first-order valence-electron chi connectivity index (χ1n) is 3.77. The molecule has 0 heteroatoms. The van der Waals surface area contributed by atoms with Crippen molar-refractivity contribution < 1.29 is 0 Å². The molecule has 0 fully saturated rings. The number of allylic oxidation sites excluding steroid dienone is 2. The van der Waals surface area contributed by atoms with E-state index < -0.39 is 0 Å². The minimum Gasteiger partial charge on any atom is -0.0883 e. The number of hydrogen-bond donors (Lipinski definition) is 0. The van der Waals surface area contributed by atoms with Gasteiger partial charge in [-0.25, -0.2) is 0 Å². The first kappa shape index (κ1) is 6.85. The van der Waals surface area contributed by atoms with Crippen LogP contribution in [-0.4, -0.2) is 0 Å². The minimum absolute atomic E-state index is 0.666. The van der Waals surface area contributed by atoms with E-state index in [1.165, 1.54) is 19.3 Å². The van der Waals surface area contributed by atoms with Crippen LogP contribution in [0.2, 0.25) is 0 Å². The van der Waals surface area contributed by atoms with Crippen molar-refractivity contribution in [2.24, 2.45) is 11.8 Å². The Labute approximate surface area is 58.0 Å². The van der Waals surface area contributed by atoms with Gasteiger partial charge < -0.3 is 0 Å². The molecule has 1 aliphatic rings. The van der Waals surface area contributed by atoms with Crippen LogP contribution in [0, 0.1) is 18.8 Å². The summed E-state index contributed by atoms with van der Waals surface area (Å²) >= 11 is 0. The van der Waals surface area contributed by atoms with E-state index >= 15 is 0 Å². The van der Waals surface area contributed by atoms with Gasteiger partial charge in [0, 0.05) is 0 Å². The van der Waals surface area contributed by atoms with Crippen molar-refractivity contribution in [2.75, 3.05) is 0 Å². The number of rotatable bonds is 0. The molecule has 9 heavy (non-hydrogen) atoms. The maximum Gasteiger partial charge on any atom is -0.0322 e. The molecule has 0 amide bonds. The number of hydrogen-bond acceptors (Lipinski definition) is 0. The third-order valence-electron chi connectivity index (χ3n) is 1.91. The van der Waals surface area contributed by atoms with Crippen LogP contribution in [-0.2, 0) is 0 Å². The fourth-order valence-corrected chi connectivity index (χ4v) is 1.38. The van der Waals surface area contributed by atoms with E-state index in [0.717, 1.165) is 5.92 Å². The fourth-order valence-electron chi connectivity index (χ4n) is 1.38. The van der Waals surface area contributed by atoms with Gasteiger partial charge >= 0.3 is 0 Å². The molecular weight excluding hydrogens is 108 g/mol. The van der Waals surface area contributed by atoms with Gasteiger partial charge in [0.05, 0.1) is 0 Å². The van der Waals surface area contributed by atoms with E-state index in [4.69, 9.17) is 0 Å². The Balaban J connectivity index is 2.40. The van der Waals surface area contributed by atoms with E-state index in [2.05, 4.69) is 26.0 Å².